The fraction of sp³-hybridized carbons (Fsp3) is 0.688. The summed E-state index contributed by atoms with van der Waals surface area (Å²) < 4.78 is 4.77. The molecular formula is C16H27N5O2S. The Hall–Kier alpha value is -1.83. The summed E-state index contributed by atoms with van der Waals surface area (Å²) in [7, 11) is 1.42. The minimum Gasteiger partial charge on any atom is -0.453 e. The lowest BCUT2D eigenvalue weighted by molar-refractivity contribution is 0.111. The van der Waals surface area contributed by atoms with Crippen LogP contribution in [-0.2, 0) is 11.3 Å². The van der Waals surface area contributed by atoms with Crippen LogP contribution in [-0.4, -0.2) is 54.7 Å². The van der Waals surface area contributed by atoms with E-state index in [0.717, 1.165) is 36.0 Å². The van der Waals surface area contributed by atoms with Crippen LogP contribution in [0.25, 0.3) is 0 Å². The van der Waals surface area contributed by atoms with E-state index in [2.05, 4.69) is 34.5 Å². The first-order chi connectivity index (χ1) is 11.5. The molecule has 1 saturated heterocycles. The SMILES string of the molecule is CCNC(=NCc1nc(C)c(C)s1)NC1CCN(C(=O)OC)CC1. The van der Waals surface area contributed by atoms with Crippen LogP contribution in [0.1, 0.15) is 35.3 Å². The van der Waals surface area contributed by atoms with Crippen molar-refractivity contribution in [2.75, 3.05) is 26.7 Å². The molecule has 1 aromatic rings. The van der Waals surface area contributed by atoms with Gasteiger partial charge in [-0.25, -0.2) is 14.8 Å². The summed E-state index contributed by atoms with van der Waals surface area (Å²) in [6, 6.07) is 0.309. The van der Waals surface area contributed by atoms with E-state index in [4.69, 9.17) is 4.74 Å². The summed E-state index contributed by atoms with van der Waals surface area (Å²) in [6.07, 6.45) is 1.52. The molecule has 1 fully saturated rings. The topological polar surface area (TPSA) is 78.9 Å². The van der Waals surface area contributed by atoms with Crippen LogP contribution in [0.4, 0.5) is 4.79 Å². The number of rotatable bonds is 4. The molecule has 8 heteroatoms. The van der Waals surface area contributed by atoms with Crippen molar-refractivity contribution in [2.24, 2.45) is 4.99 Å². The molecule has 2 heterocycles. The number of carbonyl (C=O) groups excluding carboxylic acids is 1. The zero-order valence-electron chi connectivity index (χ0n) is 14.9. The van der Waals surface area contributed by atoms with Gasteiger partial charge in [-0.15, -0.1) is 11.3 Å². The second kappa shape index (κ2) is 8.86. The fourth-order valence-electron chi connectivity index (χ4n) is 2.60. The van der Waals surface area contributed by atoms with Crippen molar-refractivity contribution < 1.29 is 9.53 Å². The number of carbonyl (C=O) groups is 1. The van der Waals surface area contributed by atoms with Gasteiger partial charge >= 0.3 is 6.09 Å². The first-order valence-corrected chi connectivity index (χ1v) is 9.15. The molecule has 134 valence electrons. The minimum absolute atomic E-state index is 0.247. The maximum Gasteiger partial charge on any atom is 0.409 e. The Bertz CT molecular complexity index is 560. The third kappa shape index (κ3) is 5.09. The predicted molar refractivity (Wildman–Crippen MR) is 96.5 cm³/mol. The number of aromatic nitrogens is 1. The van der Waals surface area contributed by atoms with Gasteiger partial charge in [0.2, 0.25) is 0 Å². The molecule has 0 atom stereocenters. The van der Waals surface area contributed by atoms with Crippen molar-refractivity contribution in [3.63, 3.8) is 0 Å². The quantitative estimate of drug-likeness (QED) is 0.640. The van der Waals surface area contributed by atoms with Gasteiger partial charge in [0.15, 0.2) is 5.96 Å². The second-order valence-electron chi connectivity index (χ2n) is 5.82. The van der Waals surface area contributed by atoms with Crippen LogP contribution >= 0.6 is 11.3 Å². The Morgan fingerprint density at radius 3 is 2.67 bits per heavy atom. The van der Waals surface area contributed by atoms with Crippen molar-refractivity contribution in [1.82, 2.24) is 20.5 Å². The molecule has 0 unspecified atom stereocenters. The van der Waals surface area contributed by atoms with Gasteiger partial charge in [0, 0.05) is 30.6 Å². The van der Waals surface area contributed by atoms with Gasteiger partial charge in [0.05, 0.1) is 19.3 Å². The highest BCUT2D eigenvalue weighted by Crippen LogP contribution is 2.17. The third-order valence-corrected chi connectivity index (χ3v) is 5.12. The van der Waals surface area contributed by atoms with Gasteiger partial charge in [-0.3, -0.25) is 0 Å². The number of nitrogens with zero attached hydrogens (tertiary/aromatic N) is 3. The summed E-state index contributed by atoms with van der Waals surface area (Å²) in [6.45, 7) is 8.95. The number of aryl methyl sites for hydroxylation is 2. The van der Waals surface area contributed by atoms with Crippen LogP contribution in [0.3, 0.4) is 0 Å². The fourth-order valence-corrected chi connectivity index (χ4v) is 3.46. The number of likely N-dealkylation sites (tertiary alicyclic amines) is 1. The first-order valence-electron chi connectivity index (χ1n) is 8.34. The summed E-state index contributed by atoms with van der Waals surface area (Å²) in [5.41, 5.74) is 1.08. The molecule has 1 aliphatic heterocycles. The van der Waals surface area contributed by atoms with Crippen LogP contribution in [0.15, 0.2) is 4.99 Å². The Morgan fingerprint density at radius 2 is 2.12 bits per heavy atom. The number of hydrogen-bond donors (Lipinski definition) is 2. The van der Waals surface area contributed by atoms with E-state index in [1.807, 2.05) is 6.92 Å². The Balaban J connectivity index is 1.89. The lowest BCUT2D eigenvalue weighted by atomic mass is 10.1. The van der Waals surface area contributed by atoms with Crippen molar-refractivity contribution in [3.05, 3.63) is 15.6 Å². The van der Waals surface area contributed by atoms with E-state index in [1.54, 1.807) is 16.2 Å². The summed E-state index contributed by atoms with van der Waals surface area (Å²) in [5, 5.41) is 7.77. The molecule has 1 aromatic heterocycles. The van der Waals surface area contributed by atoms with Gasteiger partial charge in [-0.1, -0.05) is 0 Å². The molecule has 1 amide bonds. The van der Waals surface area contributed by atoms with Crippen LogP contribution in [0.5, 0.6) is 0 Å². The van der Waals surface area contributed by atoms with E-state index < -0.39 is 0 Å². The first kappa shape index (κ1) is 18.5. The van der Waals surface area contributed by atoms with Gasteiger partial charge in [0.25, 0.3) is 0 Å². The molecule has 0 saturated carbocycles. The van der Waals surface area contributed by atoms with Crippen molar-refractivity contribution >= 4 is 23.4 Å². The maximum atomic E-state index is 11.5. The van der Waals surface area contributed by atoms with Crippen LogP contribution in [0, 0.1) is 13.8 Å². The average molecular weight is 353 g/mol. The largest absolute Gasteiger partial charge is 0.453 e. The van der Waals surface area contributed by atoms with Crippen molar-refractivity contribution in [2.45, 2.75) is 46.2 Å². The predicted octanol–water partition coefficient (Wildman–Crippen LogP) is 2.05. The third-order valence-electron chi connectivity index (χ3n) is 4.06. The monoisotopic (exact) mass is 353 g/mol. The molecule has 0 radical (unpaired) electrons. The normalized spacial score (nSPS) is 16.2. The number of nitrogens with one attached hydrogen (secondary N) is 2. The zero-order valence-corrected chi connectivity index (χ0v) is 15.7. The van der Waals surface area contributed by atoms with Gasteiger partial charge in [-0.05, 0) is 33.6 Å². The standard InChI is InChI=1S/C16H27N5O2S/c1-5-17-15(18-10-14-19-11(2)12(3)24-14)20-13-6-8-21(9-7-13)16(22)23-4/h13H,5-10H2,1-4H3,(H2,17,18,20). The number of aliphatic imine (C=N–C) groups is 1. The number of thiazole rings is 1. The lowest BCUT2D eigenvalue weighted by Crippen LogP contribution is -2.49. The summed E-state index contributed by atoms with van der Waals surface area (Å²) >= 11 is 1.69. The maximum absolute atomic E-state index is 11.5. The number of hydrogen-bond acceptors (Lipinski definition) is 5. The lowest BCUT2D eigenvalue weighted by Gasteiger charge is -2.32. The van der Waals surface area contributed by atoms with E-state index in [-0.39, 0.29) is 6.09 Å². The molecule has 1 aliphatic rings. The molecule has 0 bridgehead atoms. The van der Waals surface area contributed by atoms with Gasteiger partial charge < -0.3 is 20.3 Å². The number of amides is 1. The highest BCUT2D eigenvalue weighted by Gasteiger charge is 2.23. The minimum atomic E-state index is -0.247. The molecule has 0 aliphatic carbocycles. The molecule has 0 spiro atoms. The van der Waals surface area contributed by atoms with Gasteiger partial charge in [-0.2, -0.15) is 0 Å². The van der Waals surface area contributed by atoms with Crippen molar-refractivity contribution in [1.29, 1.82) is 0 Å². The molecular weight excluding hydrogens is 326 g/mol. The number of guanidine groups is 1. The van der Waals surface area contributed by atoms with E-state index >= 15 is 0 Å². The number of methoxy groups -OCH3 is 1. The smallest absolute Gasteiger partial charge is 0.409 e. The highest BCUT2D eigenvalue weighted by molar-refractivity contribution is 7.11. The summed E-state index contributed by atoms with van der Waals surface area (Å²) in [5.74, 6) is 0.805. The van der Waals surface area contributed by atoms with Crippen LogP contribution < -0.4 is 10.6 Å². The van der Waals surface area contributed by atoms with E-state index in [9.17, 15) is 4.79 Å². The zero-order chi connectivity index (χ0) is 17.5. The van der Waals surface area contributed by atoms with Crippen LogP contribution in [0.2, 0.25) is 0 Å². The number of ether oxygens (including phenoxy) is 1. The van der Waals surface area contributed by atoms with E-state index in [1.165, 1.54) is 12.0 Å². The Labute approximate surface area is 147 Å². The Morgan fingerprint density at radius 1 is 1.42 bits per heavy atom. The molecule has 7 nitrogen and oxygen atoms in total. The molecule has 2 N–H and O–H groups in total. The summed E-state index contributed by atoms with van der Waals surface area (Å²) in [4.78, 5) is 23.7. The highest BCUT2D eigenvalue weighted by atomic mass is 32.1. The van der Waals surface area contributed by atoms with Gasteiger partial charge in [0.1, 0.15) is 5.01 Å². The molecule has 24 heavy (non-hydrogen) atoms. The molecule has 2 rings (SSSR count). The second-order valence-corrected chi connectivity index (χ2v) is 7.11. The molecule has 0 aromatic carbocycles. The van der Waals surface area contributed by atoms with Crippen molar-refractivity contribution in [3.8, 4) is 0 Å². The number of piperidine rings is 1. The van der Waals surface area contributed by atoms with E-state index in [0.29, 0.717) is 25.7 Å². The average Bonchev–Trinajstić information content (AvgIpc) is 2.91. The Kier molecular flexibility index (Phi) is 6.84.